The summed E-state index contributed by atoms with van der Waals surface area (Å²) in [7, 11) is 0. The average molecular weight is 337 g/mol. The SMILES string of the molecule is CC(C)C#CCN1CCC2(CCC(OCCNC(C)C)CC2)CC1.[HH]. The lowest BCUT2D eigenvalue weighted by Crippen LogP contribution is -2.43. The van der Waals surface area contributed by atoms with E-state index in [-0.39, 0.29) is 1.43 Å². The lowest BCUT2D eigenvalue weighted by atomic mass is 9.67. The van der Waals surface area contributed by atoms with Crippen LogP contribution in [0.25, 0.3) is 0 Å². The molecule has 1 aliphatic carbocycles. The molecule has 0 unspecified atom stereocenters. The van der Waals surface area contributed by atoms with Gasteiger partial charge in [-0.05, 0) is 57.0 Å². The fourth-order valence-electron chi connectivity index (χ4n) is 3.99. The van der Waals surface area contributed by atoms with Gasteiger partial charge in [0.05, 0.1) is 19.3 Å². The van der Waals surface area contributed by atoms with Crippen LogP contribution in [-0.2, 0) is 4.74 Å². The van der Waals surface area contributed by atoms with Gasteiger partial charge in [-0.2, -0.15) is 0 Å². The number of nitrogens with one attached hydrogen (secondary N) is 1. The van der Waals surface area contributed by atoms with E-state index in [1.54, 1.807) is 0 Å². The molecule has 0 radical (unpaired) electrons. The van der Waals surface area contributed by atoms with Crippen LogP contribution in [0.15, 0.2) is 0 Å². The Hall–Kier alpha value is -0.560. The highest BCUT2D eigenvalue weighted by Crippen LogP contribution is 2.45. The quantitative estimate of drug-likeness (QED) is 0.587. The summed E-state index contributed by atoms with van der Waals surface area (Å²) < 4.78 is 6.07. The maximum atomic E-state index is 6.07. The lowest BCUT2D eigenvalue weighted by molar-refractivity contribution is -0.0211. The molecule has 1 heterocycles. The van der Waals surface area contributed by atoms with Gasteiger partial charge in [0.15, 0.2) is 0 Å². The largest absolute Gasteiger partial charge is 0.377 e. The minimum atomic E-state index is 0. The Morgan fingerprint density at radius 1 is 1.12 bits per heavy atom. The van der Waals surface area contributed by atoms with Crippen LogP contribution in [0.5, 0.6) is 0 Å². The first-order valence-corrected chi connectivity index (χ1v) is 10.0. The Morgan fingerprint density at radius 2 is 1.79 bits per heavy atom. The van der Waals surface area contributed by atoms with Crippen LogP contribution >= 0.6 is 0 Å². The highest BCUT2D eigenvalue weighted by molar-refractivity contribution is 5.04. The molecule has 0 aromatic rings. The molecule has 0 aromatic carbocycles. The Labute approximate surface area is 151 Å². The molecule has 0 bridgehead atoms. The Morgan fingerprint density at radius 3 is 2.38 bits per heavy atom. The van der Waals surface area contributed by atoms with Crippen molar-refractivity contribution in [1.29, 1.82) is 0 Å². The third-order valence-electron chi connectivity index (χ3n) is 5.61. The Bertz CT molecular complexity index is 409. The number of hydrogen-bond acceptors (Lipinski definition) is 3. The highest BCUT2D eigenvalue weighted by atomic mass is 16.5. The molecule has 1 aliphatic heterocycles. The molecule has 3 nitrogen and oxygen atoms in total. The minimum Gasteiger partial charge on any atom is -0.377 e. The zero-order valence-corrected chi connectivity index (χ0v) is 16.4. The van der Waals surface area contributed by atoms with Crippen molar-refractivity contribution in [1.82, 2.24) is 10.2 Å². The van der Waals surface area contributed by atoms with Crippen LogP contribution < -0.4 is 5.32 Å². The predicted molar refractivity (Wildman–Crippen MR) is 104 cm³/mol. The molecule has 3 heteroatoms. The average Bonchev–Trinajstić information content (AvgIpc) is 2.55. The first-order valence-electron chi connectivity index (χ1n) is 10.0. The molecule has 0 aromatic heterocycles. The maximum absolute atomic E-state index is 6.07. The number of nitrogens with zero attached hydrogens (tertiary/aromatic N) is 1. The summed E-state index contributed by atoms with van der Waals surface area (Å²) >= 11 is 0. The third kappa shape index (κ3) is 6.75. The molecule has 1 spiro atoms. The van der Waals surface area contributed by atoms with Gasteiger partial charge in [-0.3, -0.25) is 4.90 Å². The predicted octanol–water partition coefficient (Wildman–Crippen LogP) is 3.93. The standard InChI is InChI=1S/C21H38N2O.H2/c1-18(2)6-5-14-23-15-11-21(12-16-23)9-7-20(8-10-21)24-17-13-22-19(3)4;/h18-20,22H,7-17H2,1-4H3;1H. The van der Waals surface area contributed by atoms with Gasteiger partial charge >= 0.3 is 0 Å². The zero-order chi connectivity index (χ0) is 17.4. The van der Waals surface area contributed by atoms with E-state index < -0.39 is 0 Å². The summed E-state index contributed by atoms with van der Waals surface area (Å²) in [4.78, 5) is 2.54. The molecule has 1 N–H and O–H groups in total. The summed E-state index contributed by atoms with van der Waals surface area (Å²) in [5.41, 5.74) is 0.609. The number of ether oxygens (including phenoxy) is 1. The monoisotopic (exact) mass is 336 g/mol. The van der Waals surface area contributed by atoms with E-state index in [1.165, 1.54) is 51.6 Å². The Balaban J connectivity index is 0.00000312. The van der Waals surface area contributed by atoms with Crippen LogP contribution in [0.2, 0.25) is 0 Å². The molecule has 0 atom stereocenters. The zero-order valence-electron chi connectivity index (χ0n) is 16.4. The number of rotatable bonds is 6. The molecule has 0 amide bonds. The summed E-state index contributed by atoms with van der Waals surface area (Å²) in [6.07, 6.45) is 8.46. The molecule has 140 valence electrons. The molecule has 24 heavy (non-hydrogen) atoms. The lowest BCUT2D eigenvalue weighted by Gasteiger charge is -2.45. The van der Waals surface area contributed by atoms with E-state index in [0.29, 0.717) is 23.5 Å². The van der Waals surface area contributed by atoms with E-state index in [0.717, 1.165) is 19.7 Å². The van der Waals surface area contributed by atoms with Gasteiger partial charge in [-0.15, -0.1) is 0 Å². The number of likely N-dealkylation sites (tertiary alicyclic amines) is 1. The first kappa shape index (κ1) is 19.8. The van der Waals surface area contributed by atoms with Gasteiger partial charge in [-0.1, -0.05) is 39.5 Å². The van der Waals surface area contributed by atoms with E-state index in [4.69, 9.17) is 4.74 Å². The summed E-state index contributed by atoms with van der Waals surface area (Å²) in [6, 6.07) is 0.554. The molecular weight excluding hydrogens is 296 g/mol. The van der Waals surface area contributed by atoms with Gasteiger partial charge in [-0.25, -0.2) is 0 Å². The maximum Gasteiger partial charge on any atom is 0.0601 e. The smallest absolute Gasteiger partial charge is 0.0601 e. The number of hydrogen-bond donors (Lipinski definition) is 1. The first-order chi connectivity index (χ1) is 11.5. The normalized spacial score (nSPS) is 22.1. The summed E-state index contributed by atoms with van der Waals surface area (Å²) in [6.45, 7) is 14.0. The van der Waals surface area contributed by atoms with Crippen molar-refractivity contribution in [2.45, 2.75) is 78.4 Å². The van der Waals surface area contributed by atoms with E-state index >= 15 is 0 Å². The molecule has 1 saturated heterocycles. The second-order valence-corrected chi connectivity index (χ2v) is 8.43. The summed E-state index contributed by atoms with van der Waals surface area (Å²) in [5, 5.41) is 3.43. The second kappa shape index (κ2) is 9.80. The van der Waals surface area contributed by atoms with E-state index in [9.17, 15) is 0 Å². The van der Waals surface area contributed by atoms with Crippen molar-refractivity contribution in [3.05, 3.63) is 0 Å². The highest BCUT2D eigenvalue weighted by Gasteiger charge is 2.38. The molecular formula is C21H40N2O. The van der Waals surface area contributed by atoms with Crippen molar-refractivity contribution >= 4 is 0 Å². The van der Waals surface area contributed by atoms with Gasteiger partial charge in [0, 0.05) is 19.9 Å². The van der Waals surface area contributed by atoms with Gasteiger partial charge in [0.1, 0.15) is 0 Å². The van der Waals surface area contributed by atoms with Gasteiger partial charge in [0.2, 0.25) is 0 Å². The van der Waals surface area contributed by atoms with Crippen LogP contribution in [0.3, 0.4) is 0 Å². The molecule has 2 fully saturated rings. The van der Waals surface area contributed by atoms with Crippen molar-refractivity contribution in [3.63, 3.8) is 0 Å². The fraction of sp³-hybridized carbons (Fsp3) is 0.905. The van der Waals surface area contributed by atoms with Crippen LogP contribution in [0, 0.1) is 23.2 Å². The minimum absolute atomic E-state index is 0. The fourth-order valence-corrected chi connectivity index (χ4v) is 3.99. The topological polar surface area (TPSA) is 24.5 Å². The van der Waals surface area contributed by atoms with Gasteiger partial charge in [0.25, 0.3) is 0 Å². The third-order valence-corrected chi connectivity index (χ3v) is 5.61. The second-order valence-electron chi connectivity index (χ2n) is 8.43. The van der Waals surface area contributed by atoms with Crippen LogP contribution in [0.1, 0.15) is 67.6 Å². The number of piperidine rings is 1. The van der Waals surface area contributed by atoms with Crippen molar-refractivity contribution in [3.8, 4) is 11.8 Å². The Kier molecular flexibility index (Phi) is 8.07. The van der Waals surface area contributed by atoms with Gasteiger partial charge < -0.3 is 10.1 Å². The van der Waals surface area contributed by atoms with Crippen LogP contribution in [0.4, 0.5) is 0 Å². The van der Waals surface area contributed by atoms with Crippen LogP contribution in [-0.4, -0.2) is 49.8 Å². The van der Waals surface area contributed by atoms with Crippen molar-refractivity contribution in [2.24, 2.45) is 11.3 Å². The molecule has 1 saturated carbocycles. The van der Waals surface area contributed by atoms with E-state index in [1.807, 2.05) is 0 Å². The summed E-state index contributed by atoms with van der Waals surface area (Å²) in [5.74, 6) is 7.12. The van der Waals surface area contributed by atoms with E-state index in [2.05, 4.69) is 49.8 Å². The van der Waals surface area contributed by atoms with Crippen molar-refractivity contribution < 1.29 is 6.16 Å². The van der Waals surface area contributed by atoms with Crippen molar-refractivity contribution in [2.75, 3.05) is 32.8 Å². The molecule has 2 aliphatic rings. The molecule has 2 rings (SSSR count).